The van der Waals surface area contributed by atoms with E-state index < -0.39 is 0 Å². The number of fused-ring (bicyclic) bond motifs is 1. The maximum absolute atomic E-state index is 5.69. The van der Waals surface area contributed by atoms with E-state index in [1.165, 1.54) is 5.56 Å². The van der Waals surface area contributed by atoms with E-state index in [-0.39, 0.29) is 0 Å². The topological polar surface area (TPSA) is 50.5 Å². The average Bonchev–Trinajstić information content (AvgIpc) is 2.38. The number of rotatable bonds is 5. The summed E-state index contributed by atoms with van der Waals surface area (Å²) in [5, 5.41) is 0. The second-order valence-electron chi connectivity index (χ2n) is 5.23. The first-order chi connectivity index (χ1) is 8.70. The molecule has 3 N–H and O–H groups in total. The van der Waals surface area contributed by atoms with E-state index >= 15 is 0 Å². The molecule has 100 valence electrons. The Balaban J connectivity index is 2.06. The van der Waals surface area contributed by atoms with Gasteiger partial charge >= 0.3 is 0 Å². The molecule has 0 saturated heterocycles. The number of ether oxygens (including phenoxy) is 1. The van der Waals surface area contributed by atoms with Crippen LogP contribution in [0.15, 0.2) is 24.3 Å². The molecular weight excluding hydrogens is 226 g/mol. The highest BCUT2D eigenvalue weighted by molar-refractivity contribution is 5.37. The molecule has 0 amide bonds. The van der Waals surface area contributed by atoms with Crippen LogP contribution in [0.1, 0.15) is 24.3 Å². The normalized spacial score (nSPS) is 20.3. The lowest BCUT2D eigenvalue weighted by molar-refractivity contribution is 0.244. The highest BCUT2D eigenvalue weighted by Crippen LogP contribution is 2.36. The van der Waals surface area contributed by atoms with Crippen molar-refractivity contribution in [3.63, 3.8) is 0 Å². The molecular formula is C14H23N3O. The molecule has 0 aliphatic carbocycles. The molecule has 0 radical (unpaired) electrons. The third-order valence-corrected chi connectivity index (χ3v) is 3.47. The van der Waals surface area contributed by atoms with Crippen LogP contribution in [0.25, 0.3) is 0 Å². The first-order valence-corrected chi connectivity index (χ1v) is 6.53. The minimum absolute atomic E-state index is 0.316. The van der Waals surface area contributed by atoms with Gasteiger partial charge in [-0.2, -0.15) is 0 Å². The Morgan fingerprint density at radius 1 is 1.44 bits per heavy atom. The van der Waals surface area contributed by atoms with Gasteiger partial charge in [-0.3, -0.25) is 11.3 Å². The van der Waals surface area contributed by atoms with E-state index in [1.54, 1.807) is 0 Å². The summed E-state index contributed by atoms with van der Waals surface area (Å²) in [4.78, 5) is 2.16. The van der Waals surface area contributed by atoms with Gasteiger partial charge in [-0.1, -0.05) is 18.2 Å². The quantitative estimate of drug-likeness (QED) is 0.611. The zero-order valence-electron chi connectivity index (χ0n) is 11.2. The third kappa shape index (κ3) is 3.22. The number of nitrogens with zero attached hydrogens (tertiary/aromatic N) is 1. The first kappa shape index (κ1) is 13.3. The van der Waals surface area contributed by atoms with Gasteiger partial charge < -0.3 is 9.64 Å². The summed E-state index contributed by atoms with van der Waals surface area (Å²) in [6.07, 6.45) is 2.12. The summed E-state index contributed by atoms with van der Waals surface area (Å²) in [5.74, 6) is 7.22. The van der Waals surface area contributed by atoms with Crippen molar-refractivity contribution in [2.24, 2.45) is 5.84 Å². The van der Waals surface area contributed by atoms with Crippen LogP contribution in [0.4, 0.5) is 0 Å². The van der Waals surface area contributed by atoms with Gasteiger partial charge in [0, 0.05) is 12.6 Å². The maximum Gasteiger partial charge on any atom is 0.122 e. The molecule has 1 aromatic rings. The fourth-order valence-electron chi connectivity index (χ4n) is 2.64. The molecule has 1 aromatic carbocycles. The molecule has 1 heterocycles. The summed E-state index contributed by atoms with van der Waals surface area (Å²) in [7, 11) is 4.14. The van der Waals surface area contributed by atoms with Crippen LogP contribution in [0.2, 0.25) is 0 Å². The van der Waals surface area contributed by atoms with E-state index in [1.807, 2.05) is 6.07 Å². The van der Waals surface area contributed by atoms with Gasteiger partial charge in [-0.25, -0.2) is 0 Å². The summed E-state index contributed by atoms with van der Waals surface area (Å²) >= 11 is 0. The van der Waals surface area contributed by atoms with Crippen LogP contribution in [0, 0.1) is 0 Å². The fraction of sp³-hybridized carbons (Fsp3) is 0.571. The standard InChI is InChI=1S/C14H23N3O/c1-17(2)10-12(16-15)9-11-7-8-18-14-6-4-3-5-13(11)14/h3-6,11-12,16H,7-10,15H2,1-2H3. The van der Waals surface area contributed by atoms with Crippen molar-refractivity contribution in [3.8, 4) is 5.75 Å². The van der Waals surface area contributed by atoms with Crippen LogP contribution in [0.5, 0.6) is 5.75 Å². The van der Waals surface area contributed by atoms with Crippen molar-refractivity contribution in [3.05, 3.63) is 29.8 Å². The Morgan fingerprint density at radius 3 is 2.94 bits per heavy atom. The molecule has 2 rings (SSSR count). The number of para-hydroxylation sites is 1. The Hall–Kier alpha value is -1.10. The predicted molar refractivity (Wildman–Crippen MR) is 73.6 cm³/mol. The van der Waals surface area contributed by atoms with E-state index in [9.17, 15) is 0 Å². The van der Waals surface area contributed by atoms with E-state index in [0.717, 1.165) is 31.7 Å². The second kappa shape index (κ2) is 6.18. The molecule has 0 aromatic heterocycles. The Bertz CT molecular complexity index is 381. The molecule has 1 aliphatic heterocycles. The number of hydrogen-bond donors (Lipinski definition) is 2. The van der Waals surface area contributed by atoms with Gasteiger partial charge in [0.05, 0.1) is 6.61 Å². The molecule has 0 bridgehead atoms. The van der Waals surface area contributed by atoms with Gasteiger partial charge in [0.1, 0.15) is 5.75 Å². The Kier molecular flexibility index (Phi) is 4.58. The molecule has 0 spiro atoms. The predicted octanol–water partition coefficient (Wildman–Crippen LogP) is 1.34. The number of nitrogens with one attached hydrogen (secondary N) is 1. The van der Waals surface area contributed by atoms with Crippen molar-refractivity contribution < 1.29 is 4.74 Å². The number of nitrogens with two attached hydrogens (primary N) is 1. The monoisotopic (exact) mass is 249 g/mol. The minimum Gasteiger partial charge on any atom is -0.493 e. The van der Waals surface area contributed by atoms with Crippen LogP contribution >= 0.6 is 0 Å². The zero-order chi connectivity index (χ0) is 13.0. The minimum atomic E-state index is 0.316. The van der Waals surface area contributed by atoms with Crippen LogP contribution < -0.4 is 16.0 Å². The molecule has 0 saturated carbocycles. The first-order valence-electron chi connectivity index (χ1n) is 6.53. The lowest BCUT2D eigenvalue weighted by Crippen LogP contribution is -2.43. The zero-order valence-corrected chi connectivity index (χ0v) is 11.2. The highest BCUT2D eigenvalue weighted by atomic mass is 16.5. The summed E-state index contributed by atoms with van der Waals surface area (Å²) in [6.45, 7) is 1.76. The number of hydrazine groups is 1. The smallest absolute Gasteiger partial charge is 0.122 e. The number of likely N-dealkylation sites (N-methyl/N-ethyl adjacent to an activating group) is 1. The number of hydrogen-bond acceptors (Lipinski definition) is 4. The van der Waals surface area contributed by atoms with Crippen molar-refractivity contribution in [1.82, 2.24) is 10.3 Å². The van der Waals surface area contributed by atoms with Crippen LogP contribution in [-0.4, -0.2) is 38.2 Å². The van der Waals surface area contributed by atoms with Gasteiger partial charge in [-0.05, 0) is 44.5 Å². The second-order valence-corrected chi connectivity index (χ2v) is 5.23. The number of benzene rings is 1. The molecule has 2 unspecified atom stereocenters. The van der Waals surface area contributed by atoms with E-state index in [2.05, 4.69) is 42.6 Å². The van der Waals surface area contributed by atoms with E-state index in [4.69, 9.17) is 10.6 Å². The highest BCUT2D eigenvalue weighted by Gasteiger charge is 2.24. The Labute approximate surface area is 109 Å². The third-order valence-electron chi connectivity index (χ3n) is 3.47. The summed E-state index contributed by atoms with van der Waals surface area (Å²) < 4.78 is 5.69. The molecule has 2 atom stereocenters. The SMILES string of the molecule is CN(C)CC(CC1CCOc2ccccc21)NN. The molecule has 4 nitrogen and oxygen atoms in total. The van der Waals surface area contributed by atoms with Crippen molar-refractivity contribution in [1.29, 1.82) is 0 Å². The molecule has 4 heteroatoms. The van der Waals surface area contributed by atoms with Crippen molar-refractivity contribution >= 4 is 0 Å². The van der Waals surface area contributed by atoms with Crippen molar-refractivity contribution in [2.75, 3.05) is 27.2 Å². The lowest BCUT2D eigenvalue weighted by Gasteiger charge is -2.30. The molecule has 0 fully saturated rings. The average molecular weight is 249 g/mol. The van der Waals surface area contributed by atoms with Gasteiger partial charge in [0.2, 0.25) is 0 Å². The molecule has 18 heavy (non-hydrogen) atoms. The van der Waals surface area contributed by atoms with Crippen molar-refractivity contribution in [2.45, 2.75) is 24.8 Å². The van der Waals surface area contributed by atoms with Crippen LogP contribution in [-0.2, 0) is 0 Å². The summed E-state index contributed by atoms with van der Waals surface area (Å²) in [6, 6.07) is 8.65. The molecule has 1 aliphatic rings. The van der Waals surface area contributed by atoms with Gasteiger partial charge in [0.25, 0.3) is 0 Å². The fourth-order valence-corrected chi connectivity index (χ4v) is 2.64. The van der Waals surface area contributed by atoms with Gasteiger partial charge in [0.15, 0.2) is 0 Å². The van der Waals surface area contributed by atoms with E-state index in [0.29, 0.717) is 12.0 Å². The van der Waals surface area contributed by atoms with Gasteiger partial charge in [-0.15, -0.1) is 0 Å². The largest absolute Gasteiger partial charge is 0.493 e. The lowest BCUT2D eigenvalue weighted by atomic mass is 9.87. The summed E-state index contributed by atoms with van der Waals surface area (Å²) in [5.41, 5.74) is 4.25. The van der Waals surface area contributed by atoms with Crippen LogP contribution in [0.3, 0.4) is 0 Å². The Morgan fingerprint density at radius 2 is 2.22 bits per heavy atom. The maximum atomic E-state index is 5.69.